The maximum Gasteiger partial charge on any atom is 0.0659 e. The lowest BCUT2D eigenvalue weighted by atomic mass is 10.1. The summed E-state index contributed by atoms with van der Waals surface area (Å²) < 4.78 is 1.11. The van der Waals surface area contributed by atoms with Crippen LogP contribution >= 0.6 is 27.5 Å². The van der Waals surface area contributed by atoms with Crippen LogP contribution in [0.2, 0.25) is 5.02 Å². The third-order valence-corrected chi connectivity index (χ3v) is 4.21. The van der Waals surface area contributed by atoms with Gasteiger partial charge in [0.25, 0.3) is 0 Å². The summed E-state index contributed by atoms with van der Waals surface area (Å²) in [6, 6.07) is 14.5. The second-order valence-electron chi connectivity index (χ2n) is 4.95. The van der Waals surface area contributed by atoms with Crippen LogP contribution in [0.4, 0.5) is 11.4 Å². The van der Waals surface area contributed by atoms with Crippen LogP contribution in [-0.2, 0) is 0 Å². The maximum absolute atomic E-state index is 6.29. The molecule has 0 amide bonds. The summed E-state index contributed by atoms with van der Waals surface area (Å²) in [5.41, 5.74) is 3.26. The number of hydrogen-bond acceptors (Lipinski definition) is 2. The van der Waals surface area contributed by atoms with Gasteiger partial charge in [0.15, 0.2) is 0 Å². The normalized spacial score (nSPS) is 12.1. The number of halogens is 2. The highest BCUT2D eigenvalue weighted by atomic mass is 79.9. The lowest BCUT2D eigenvalue weighted by Gasteiger charge is -2.19. The summed E-state index contributed by atoms with van der Waals surface area (Å²) in [5, 5.41) is 4.22. The second-order valence-corrected chi connectivity index (χ2v) is 6.21. The van der Waals surface area contributed by atoms with Crippen molar-refractivity contribution in [2.24, 2.45) is 0 Å². The SMILES string of the molecule is CC(Nc1ccc(N(C)C)c(Cl)c1)c1ccccc1Br. The Morgan fingerprint density at radius 2 is 1.85 bits per heavy atom. The van der Waals surface area contributed by atoms with Crippen molar-refractivity contribution in [3.8, 4) is 0 Å². The average molecular weight is 354 g/mol. The van der Waals surface area contributed by atoms with E-state index in [-0.39, 0.29) is 6.04 Å². The Bertz CT molecular complexity index is 599. The molecular weight excluding hydrogens is 336 g/mol. The van der Waals surface area contributed by atoms with Crippen LogP contribution in [0.3, 0.4) is 0 Å². The summed E-state index contributed by atoms with van der Waals surface area (Å²) in [6.07, 6.45) is 0. The largest absolute Gasteiger partial charge is 0.378 e. The number of anilines is 2. The highest BCUT2D eigenvalue weighted by Crippen LogP contribution is 2.30. The maximum atomic E-state index is 6.29. The van der Waals surface area contributed by atoms with Crippen LogP contribution in [0, 0.1) is 0 Å². The minimum Gasteiger partial charge on any atom is -0.378 e. The van der Waals surface area contributed by atoms with Crippen molar-refractivity contribution in [1.29, 1.82) is 0 Å². The zero-order valence-electron chi connectivity index (χ0n) is 11.8. The van der Waals surface area contributed by atoms with Gasteiger partial charge < -0.3 is 10.2 Å². The molecule has 2 rings (SSSR count). The van der Waals surface area contributed by atoms with E-state index in [4.69, 9.17) is 11.6 Å². The van der Waals surface area contributed by atoms with Gasteiger partial charge in [0.2, 0.25) is 0 Å². The fraction of sp³-hybridized carbons (Fsp3) is 0.250. The Morgan fingerprint density at radius 3 is 2.45 bits per heavy atom. The van der Waals surface area contributed by atoms with E-state index in [2.05, 4.69) is 46.4 Å². The molecule has 0 radical (unpaired) electrons. The molecule has 2 aromatic rings. The third kappa shape index (κ3) is 3.47. The van der Waals surface area contributed by atoms with E-state index >= 15 is 0 Å². The van der Waals surface area contributed by atoms with Crippen LogP contribution in [0.15, 0.2) is 46.9 Å². The van der Waals surface area contributed by atoms with Gasteiger partial charge in [0.1, 0.15) is 0 Å². The molecule has 0 heterocycles. The molecule has 1 unspecified atom stereocenters. The van der Waals surface area contributed by atoms with Gasteiger partial charge in [-0.3, -0.25) is 0 Å². The molecule has 0 spiro atoms. The van der Waals surface area contributed by atoms with Gasteiger partial charge in [0.05, 0.1) is 10.7 Å². The fourth-order valence-electron chi connectivity index (χ4n) is 2.11. The average Bonchev–Trinajstić information content (AvgIpc) is 2.38. The van der Waals surface area contributed by atoms with Crippen molar-refractivity contribution in [2.45, 2.75) is 13.0 Å². The summed E-state index contributed by atoms with van der Waals surface area (Å²) >= 11 is 9.88. The Labute approximate surface area is 133 Å². The molecule has 0 saturated heterocycles. The van der Waals surface area contributed by atoms with Gasteiger partial charge in [-0.15, -0.1) is 0 Å². The predicted molar refractivity (Wildman–Crippen MR) is 92.0 cm³/mol. The van der Waals surface area contributed by atoms with Crippen molar-refractivity contribution >= 4 is 38.9 Å². The van der Waals surface area contributed by atoms with Crippen molar-refractivity contribution in [3.05, 3.63) is 57.5 Å². The molecule has 106 valence electrons. The minimum absolute atomic E-state index is 0.201. The second kappa shape index (κ2) is 6.51. The third-order valence-electron chi connectivity index (χ3n) is 3.18. The minimum atomic E-state index is 0.201. The van der Waals surface area contributed by atoms with Crippen LogP contribution in [-0.4, -0.2) is 14.1 Å². The smallest absolute Gasteiger partial charge is 0.0659 e. The molecule has 4 heteroatoms. The van der Waals surface area contributed by atoms with Gasteiger partial charge in [-0.2, -0.15) is 0 Å². The molecule has 0 saturated carbocycles. The molecule has 2 aromatic carbocycles. The van der Waals surface area contributed by atoms with E-state index in [0.29, 0.717) is 0 Å². The monoisotopic (exact) mass is 352 g/mol. The molecule has 0 aromatic heterocycles. The quantitative estimate of drug-likeness (QED) is 0.798. The molecule has 1 N–H and O–H groups in total. The number of benzene rings is 2. The van der Waals surface area contributed by atoms with E-state index in [0.717, 1.165) is 20.9 Å². The Balaban J connectivity index is 2.18. The number of rotatable bonds is 4. The molecule has 1 atom stereocenters. The first-order chi connectivity index (χ1) is 9.49. The van der Waals surface area contributed by atoms with Crippen molar-refractivity contribution < 1.29 is 0 Å². The molecule has 0 fully saturated rings. The highest BCUT2D eigenvalue weighted by molar-refractivity contribution is 9.10. The van der Waals surface area contributed by atoms with Crippen LogP contribution < -0.4 is 10.2 Å². The van der Waals surface area contributed by atoms with E-state index in [1.807, 2.05) is 43.3 Å². The van der Waals surface area contributed by atoms with Crippen LogP contribution in [0.1, 0.15) is 18.5 Å². The summed E-state index contributed by atoms with van der Waals surface area (Å²) in [6.45, 7) is 2.13. The number of nitrogens with zero attached hydrogens (tertiary/aromatic N) is 1. The Kier molecular flexibility index (Phi) is 4.95. The first-order valence-electron chi connectivity index (χ1n) is 6.47. The van der Waals surface area contributed by atoms with E-state index in [1.54, 1.807) is 0 Å². The fourth-order valence-corrected chi connectivity index (χ4v) is 3.09. The first-order valence-corrected chi connectivity index (χ1v) is 7.64. The number of nitrogens with one attached hydrogen (secondary N) is 1. The molecule has 0 aliphatic rings. The van der Waals surface area contributed by atoms with Crippen molar-refractivity contribution in [2.75, 3.05) is 24.3 Å². The Hall–Kier alpha value is -1.19. The summed E-state index contributed by atoms with van der Waals surface area (Å²) in [4.78, 5) is 2.00. The lowest BCUT2D eigenvalue weighted by molar-refractivity contribution is 0.879. The van der Waals surface area contributed by atoms with Gasteiger partial charge in [-0.05, 0) is 36.8 Å². The highest BCUT2D eigenvalue weighted by Gasteiger charge is 2.10. The summed E-state index contributed by atoms with van der Waals surface area (Å²) in [5.74, 6) is 0. The van der Waals surface area contributed by atoms with Gasteiger partial charge in [-0.25, -0.2) is 0 Å². The molecule has 2 nitrogen and oxygen atoms in total. The topological polar surface area (TPSA) is 15.3 Å². The van der Waals surface area contributed by atoms with E-state index in [1.165, 1.54) is 5.56 Å². The van der Waals surface area contributed by atoms with E-state index in [9.17, 15) is 0 Å². The van der Waals surface area contributed by atoms with Crippen LogP contribution in [0.5, 0.6) is 0 Å². The lowest BCUT2D eigenvalue weighted by Crippen LogP contribution is -2.10. The van der Waals surface area contributed by atoms with Gasteiger partial charge in [-0.1, -0.05) is 45.7 Å². The van der Waals surface area contributed by atoms with E-state index < -0.39 is 0 Å². The predicted octanol–water partition coefficient (Wildman–Crippen LogP) is 5.34. The molecule has 20 heavy (non-hydrogen) atoms. The first kappa shape index (κ1) is 15.2. The molecule has 0 aliphatic carbocycles. The van der Waals surface area contributed by atoms with Gasteiger partial charge >= 0.3 is 0 Å². The van der Waals surface area contributed by atoms with Gasteiger partial charge in [0, 0.05) is 30.3 Å². The van der Waals surface area contributed by atoms with Crippen molar-refractivity contribution in [3.63, 3.8) is 0 Å². The Morgan fingerprint density at radius 1 is 1.15 bits per heavy atom. The zero-order valence-corrected chi connectivity index (χ0v) is 14.2. The van der Waals surface area contributed by atoms with Crippen LogP contribution in [0.25, 0.3) is 0 Å². The molecule has 0 aliphatic heterocycles. The van der Waals surface area contributed by atoms with Crippen molar-refractivity contribution in [1.82, 2.24) is 0 Å². The number of hydrogen-bond donors (Lipinski definition) is 1. The summed E-state index contributed by atoms with van der Waals surface area (Å²) in [7, 11) is 3.97. The molecule has 0 bridgehead atoms. The zero-order chi connectivity index (χ0) is 14.7. The molecular formula is C16H18BrClN2. The standard InChI is InChI=1S/C16H18BrClN2/c1-11(13-6-4-5-7-14(13)17)19-12-8-9-16(20(2)3)15(18)10-12/h4-11,19H,1-3H3.